The maximum Gasteiger partial charge on any atom is 0.416 e. The summed E-state index contributed by atoms with van der Waals surface area (Å²) in [5, 5.41) is 9.67. The number of alkyl halides is 3. The van der Waals surface area contributed by atoms with Crippen molar-refractivity contribution < 1.29 is 18.0 Å². The number of rotatable bonds is 2. The van der Waals surface area contributed by atoms with Gasteiger partial charge in [0.2, 0.25) is 0 Å². The summed E-state index contributed by atoms with van der Waals surface area (Å²) in [5.41, 5.74) is 1.62. The van der Waals surface area contributed by atoms with Crippen LogP contribution in [0.2, 0.25) is 0 Å². The highest BCUT2D eigenvalue weighted by Gasteiger charge is 2.31. The molecule has 0 unspecified atom stereocenters. The number of carbonyl (C=O) groups excluding carboxylic acids is 1. The van der Waals surface area contributed by atoms with Crippen LogP contribution in [-0.2, 0) is 6.18 Å². The van der Waals surface area contributed by atoms with E-state index >= 15 is 0 Å². The number of pyridine rings is 1. The van der Waals surface area contributed by atoms with Gasteiger partial charge in [0.15, 0.2) is 0 Å². The Kier molecular flexibility index (Phi) is 4.40. The summed E-state index contributed by atoms with van der Waals surface area (Å²) in [6.45, 7) is 0. The fraction of sp³-hybridized carbons (Fsp3) is 0.0455. The summed E-state index contributed by atoms with van der Waals surface area (Å²) >= 11 is 0. The van der Waals surface area contributed by atoms with Crippen LogP contribution in [0.1, 0.15) is 21.5 Å². The average molecular weight is 391 g/mol. The predicted octanol–water partition coefficient (Wildman–Crippen LogP) is 5.28. The molecule has 0 aliphatic heterocycles. The summed E-state index contributed by atoms with van der Waals surface area (Å²) in [7, 11) is 0. The molecule has 0 saturated carbocycles. The number of hydrogen-bond acceptors (Lipinski definition) is 3. The molecule has 2 heterocycles. The van der Waals surface area contributed by atoms with Gasteiger partial charge < -0.3 is 0 Å². The number of nitrogens with zero attached hydrogens (tertiary/aromatic N) is 3. The second-order valence-corrected chi connectivity index (χ2v) is 6.38. The van der Waals surface area contributed by atoms with Gasteiger partial charge in [-0.05, 0) is 42.0 Å². The van der Waals surface area contributed by atoms with Gasteiger partial charge in [0.1, 0.15) is 0 Å². The average Bonchev–Trinajstić information content (AvgIpc) is 3.17. The minimum Gasteiger partial charge on any atom is -0.282 e. The number of halogens is 3. The number of nitriles is 1. The highest BCUT2D eigenvalue weighted by molar-refractivity contribution is 6.05. The van der Waals surface area contributed by atoms with E-state index in [4.69, 9.17) is 5.26 Å². The smallest absolute Gasteiger partial charge is 0.282 e. The first kappa shape index (κ1) is 18.4. The van der Waals surface area contributed by atoms with Crippen LogP contribution < -0.4 is 0 Å². The van der Waals surface area contributed by atoms with E-state index in [9.17, 15) is 18.0 Å². The van der Waals surface area contributed by atoms with Crippen LogP contribution in [0, 0.1) is 11.3 Å². The molecule has 0 atom stereocenters. The molecule has 0 radical (unpaired) electrons. The minimum absolute atomic E-state index is 0.0684. The highest BCUT2D eigenvalue weighted by Crippen LogP contribution is 2.31. The first-order valence-electron chi connectivity index (χ1n) is 8.56. The maximum atomic E-state index is 13.0. The second kappa shape index (κ2) is 6.91. The second-order valence-electron chi connectivity index (χ2n) is 6.38. The van der Waals surface area contributed by atoms with E-state index in [1.165, 1.54) is 29.1 Å². The summed E-state index contributed by atoms with van der Waals surface area (Å²) in [6, 6.07) is 15.0. The Morgan fingerprint density at radius 1 is 1.03 bits per heavy atom. The van der Waals surface area contributed by atoms with E-state index in [0.717, 1.165) is 28.6 Å². The fourth-order valence-electron chi connectivity index (χ4n) is 3.16. The number of fused-ring (bicyclic) bond motifs is 1. The lowest BCUT2D eigenvalue weighted by Gasteiger charge is -2.09. The number of aromatic nitrogens is 2. The molecule has 2 aromatic carbocycles. The van der Waals surface area contributed by atoms with Crippen molar-refractivity contribution in [3.63, 3.8) is 0 Å². The van der Waals surface area contributed by atoms with E-state index in [-0.39, 0.29) is 5.56 Å². The van der Waals surface area contributed by atoms with E-state index in [1.807, 2.05) is 0 Å². The normalized spacial score (nSPS) is 11.4. The van der Waals surface area contributed by atoms with Gasteiger partial charge in [0.25, 0.3) is 5.91 Å². The lowest BCUT2D eigenvalue weighted by molar-refractivity contribution is -0.137. The van der Waals surface area contributed by atoms with Gasteiger partial charge in [-0.15, -0.1) is 0 Å². The minimum atomic E-state index is -4.53. The Bertz CT molecular complexity index is 1270. The van der Waals surface area contributed by atoms with E-state index in [2.05, 4.69) is 11.1 Å². The molecule has 0 saturated heterocycles. The van der Waals surface area contributed by atoms with Crippen LogP contribution in [0.4, 0.5) is 13.2 Å². The van der Waals surface area contributed by atoms with Crippen molar-refractivity contribution in [2.45, 2.75) is 6.18 Å². The molecular formula is C22H12F3N3O. The van der Waals surface area contributed by atoms with Gasteiger partial charge in [-0.3, -0.25) is 14.3 Å². The zero-order valence-electron chi connectivity index (χ0n) is 14.8. The zero-order chi connectivity index (χ0) is 20.6. The number of carbonyl (C=O) groups is 1. The van der Waals surface area contributed by atoms with Gasteiger partial charge >= 0.3 is 6.18 Å². The highest BCUT2D eigenvalue weighted by atomic mass is 19.4. The van der Waals surface area contributed by atoms with Gasteiger partial charge in [-0.1, -0.05) is 18.2 Å². The monoisotopic (exact) mass is 391 g/mol. The van der Waals surface area contributed by atoms with Crippen LogP contribution in [-0.4, -0.2) is 15.5 Å². The van der Waals surface area contributed by atoms with Crippen LogP contribution in [0.15, 0.2) is 73.2 Å². The van der Waals surface area contributed by atoms with Crippen LogP contribution in [0.3, 0.4) is 0 Å². The Hall–Kier alpha value is -3.92. The van der Waals surface area contributed by atoms with Crippen molar-refractivity contribution in [1.29, 1.82) is 5.26 Å². The Balaban J connectivity index is 1.78. The third-order valence-corrected chi connectivity index (χ3v) is 4.60. The molecule has 0 spiro atoms. The summed E-state index contributed by atoms with van der Waals surface area (Å²) in [4.78, 5) is 17.0. The van der Waals surface area contributed by atoms with Crippen molar-refractivity contribution in [2.75, 3.05) is 0 Å². The summed E-state index contributed by atoms with van der Waals surface area (Å²) in [6.07, 6.45) is 0.123. The molecule has 4 rings (SSSR count). The molecule has 0 aliphatic carbocycles. The number of hydrogen-bond donors (Lipinski definition) is 0. The predicted molar refractivity (Wildman–Crippen MR) is 101 cm³/mol. The lowest BCUT2D eigenvalue weighted by Crippen LogP contribution is -2.13. The lowest BCUT2D eigenvalue weighted by atomic mass is 10.0. The van der Waals surface area contributed by atoms with Crippen LogP contribution in [0.25, 0.3) is 22.0 Å². The van der Waals surface area contributed by atoms with E-state index < -0.39 is 17.6 Å². The molecule has 2 aromatic heterocycles. The molecule has 0 fully saturated rings. The number of benzene rings is 2. The van der Waals surface area contributed by atoms with Crippen molar-refractivity contribution in [1.82, 2.24) is 9.55 Å². The maximum absolute atomic E-state index is 13.0. The van der Waals surface area contributed by atoms with Gasteiger partial charge in [0.05, 0.1) is 28.9 Å². The van der Waals surface area contributed by atoms with E-state index in [1.54, 1.807) is 36.5 Å². The molecule has 0 amide bonds. The molecule has 4 nitrogen and oxygen atoms in total. The first-order valence-corrected chi connectivity index (χ1v) is 8.56. The largest absolute Gasteiger partial charge is 0.416 e. The standard InChI is InChI=1S/C22H12F3N3O/c23-22(24,25)17-3-1-2-16(10-17)21(29)28-9-8-18-19(12-27-13-20(18)28)15-6-4-14(11-26)5-7-15/h1-10,12-13H. The molecule has 0 aliphatic rings. The van der Waals surface area contributed by atoms with Gasteiger partial charge in [0, 0.05) is 28.9 Å². The fourth-order valence-corrected chi connectivity index (χ4v) is 3.16. The van der Waals surface area contributed by atoms with Crippen molar-refractivity contribution in [3.8, 4) is 17.2 Å². The van der Waals surface area contributed by atoms with Gasteiger partial charge in [-0.2, -0.15) is 18.4 Å². The zero-order valence-corrected chi connectivity index (χ0v) is 14.8. The Morgan fingerprint density at radius 3 is 2.48 bits per heavy atom. The molecule has 7 heteroatoms. The molecule has 4 aromatic rings. The van der Waals surface area contributed by atoms with E-state index in [0.29, 0.717) is 11.1 Å². The molecule has 0 N–H and O–H groups in total. The summed E-state index contributed by atoms with van der Waals surface area (Å²) in [5.74, 6) is -0.579. The topological polar surface area (TPSA) is 58.7 Å². The van der Waals surface area contributed by atoms with Crippen molar-refractivity contribution in [2.24, 2.45) is 0 Å². The molecule has 0 bridgehead atoms. The quantitative estimate of drug-likeness (QED) is 0.467. The third kappa shape index (κ3) is 3.36. The molecule has 142 valence electrons. The third-order valence-electron chi connectivity index (χ3n) is 4.60. The first-order chi connectivity index (χ1) is 13.9. The Morgan fingerprint density at radius 2 is 1.79 bits per heavy atom. The van der Waals surface area contributed by atoms with Crippen molar-refractivity contribution >= 4 is 16.8 Å². The van der Waals surface area contributed by atoms with Crippen molar-refractivity contribution in [3.05, 3.63) is 89.9 Å². The van der Waals surface area contributed by atoms with Crippen LogP contribution in [0.5, 0.6) is 0 Å². The summed E-state index contributed by atoms with van der Waals surface area (Å²) < 4.78 is 40.2. The molecule has 29 heavy (non-hydrogen) atoms. The van der Waals surface area contributed by atoms with Gasteiger partial charge in [-0.25, -0.2) is 0 Å². The Labute approximate surface area is 163 Å². The van der Waals surface area contributed by atoms with Crippen LogP contribution >= 0.6 is 0 Å². The SMILES string of the molecule is N#Cc1ccc(-c2cncc3c2ccn3C(=O)c2cccc(C(F)(F)F)c2)cc1. The molecular weight excluding hydrogens is 379 g/mol.